The van der Waals surface area contributed by atoms with Gasteiger partial charge in [-0.1, -0.05) is 25.1 Å². The zero-order chi connectivity index (χ0) is 18.1. The Morgan fingerprint density at radius 1 is 1.15 bits per heavy atom. The van der Waals surface area contributed by atoms with Crippen molar-refractivity contribution in [2.24, 2.45) is 5.92 Å². The number of anilines is 1. The maximum atomic E-state index is 10.6. The van der Waals surface area contributed by atoms with E-state index in [2.05, 4.69) is 38.9 Å². The molecule has 0 saturated carbocycles. The average Bonchev–Trinajstić information content (AvgIpc) is 3.02. The molecule has 0 amide bonds. The van der Waals surface area contributed by atoms with Crippen molar-refractivity contribution < 1.29 is 5.11 Å². The van der Waals surface area contributed by atoms with Crippen molar-refractivity contribution in [3.63, 3.8) is 0 Å². The Kier molecular flexibility index (Phi) is 4.55. The molecular weight excluding hydrogens is 324 g/mol. The quantitative estimate of drug-likeness (QED) is 0.785. The zero-order valence-corrected chi connectivity index (χ0v) is 15.3. The van der Waals surface area contributed by atoms with Gasteiger partial charge < -0.3 is 10.0 Å². The van der Waals surface area contributed by atoms with Gasteiger partial charge in [-0.05, 0) is 31.0 Å². The number of hydrogen-bond donors (Lipinski definition) is 1. The lowest BCUT2D eigenvalue weighted by Gasteiger charge is -2.18. The molecule has 2 aromatic heterocycles. The molecule has 2 atom stereocenters. The molecule has 1 aromatic carbocycles. The van der Waals surface area contributed by atoms with E-state index in [4.69, 9.17) is 0 Å². The van der Waals surface area contributed by atoms with Gasteiger partial charge in [-0.3, -0.25) is 4.98 Å². The van der Waals surface area contributed by atoms with Crippen molar-refractivity contribution in [3.8, 4) is 0 Å². The van der Waals surface area contributed by atoms with E-state index in [1.165, 1.54) is 10.9 Å². The van der Waals surface area contributed by atoms with Crippen molar-refractivity contribution in [3.05, 3.63) is 59.7 Å². The number of fused-ring (bicyclic) bond motifs is 1. The van der Waals surface area contributed by atoms with Crippen LogP contribution in [0.5, 0.6) is 0 Å². The lowest BCUT2D eigenvalue weighted by atomic mass is 9.94. The predicted molar refractivity (Wildman–Crippen MR) is 103 cm³/mol. The Bertz CT molecular complexity index is 922. The lowest BCUT2D eigenvalue weighted by molar-refractivity contribution is 0.148. The molecular formula is C21H24N4O. The first-order valence-electron chi connectivity index (χ1n) is 9.24. The van der Waals surface area contributed by atoms with Crippen LogP contribution in [-0.2, 0) is 12.8 Å². The summed E-state index contributed by atoms with van der Waals surface area (Å²) < 4.78 is 0. The summed E-state index contributed by atoms with van der Waals surface area (Å²) in [5, 5.41) is 11.8. The summed E-state index contributed by atoms with van der Waals surface area (Å²) in [5.74, 6) is 1.97. The fourth-order valence-electron chi connectivity index (χ4n) is 3.79. The monoisotopic (exact) mass is 348 g/mol. The van der Waals surface area contributed by atoms with Crippen LogP contribution in [0.3, 0.4) is 0 Å². The van der Waals surface area contributed by atoms with E-state index in [9.17, 15) is 5.11 Å². The second kappa shape index (κ2) is 7.00. The maximum absolute atomic E-state index is 10.6. The third-order valence-electron chi connectivity index (χ3n) is 5.16. The van der Waals surface area contributed by atoms with Crippen molar-refractivity contribution >= 4 is 16.7 Å². The van der Waals surface area contributed by atoms with Gasteiger partial charge in [0.25, 0.3) is 0 Å². The van der Waals surface area contributed by atoms with E-state index >= 15 is 0 Å². The molecule has 0 bridgehead atoms. The number of pyridine rings is 1. The SMILES string of the molecule is CCc1nc(C)cc(N2C[C@@H](Cc3ccnc4ccccc34)[C@H](O)C2)n1. The summed E-state index contributed by atoms with van der Waals surface area (Å²) in [6, 6.07) is 12.3. The van der Waals surface area contributed by atoms with Crippen LogP contribution in [-0.4, -0.2) is 39.3 Å². The lowest BCUT2D eigenvalue weighted by Crippen LogP contribution is -2.23. The van der Waals surface area contributed by atoms with E-state index in [0.29, 0.717) is 6.54 Å². The van der Waals surface area contributed by atoms with E-state index in [1.807, 2.05) is 37.4 Å². The van der Waals surface area contributed by atoms with Crippen LogP contribution in [0.15, 0.2) is 42.6 Å². The molecule has 3 heterocycles. The number of hydrogen-bond acceptors (Lipinski definition) is 5. The highest BCUT2D eigenvalue weighted by atomic mass is 16.3. The van der Waals surface area contributed by atoms with Crippen LogP contribution in [0.25, 0.3) is 10.9 Å². The average molecular weight is 348 g/mol. The standard InChI is InChI=1S/C21H24N4O/c1-3-20-23-14(2)10-21(24-20)25-12-16(19(26)13-25)11-15-8-9-22-18-7-5-4-6-17(15)18/h4-10,16,19,26H,3,11-13H2,1-2H3/t16-,19-/m1/s1. The molecule has 0 radical (unpaired) electrons. The fraction of sp³-hybridized carbons (Fsp3) is 0.381. The minimum Gasteiger partial charge on any atom is -0.391 e. The summed E-state index contributed by atoms with van der Waals surface area (Å²) in [6.07, 6.45) is 3.16. The summed E-state index contributed by atoms with van der Waals surface area (Å²) in [4.78, 5) is 15.7. The maximum Gasteiger partial charge on any atom is 0.132 e. The minimum absolute atomic E-state index is 0.182. The molecule has 5 heteroatoms. The number of β-amino-alcohol motifs (C(OH)–C–C–N with tert-alkyl or cyclic N) is 1. The Balaban J connectivity index is 1.57. The van der Waals surface area contributed by atoms with Crippen LogP contribution < -0.4 is 4.90 Å². The topological polar surface area (TPSA) is 62.1 Å². The largest absolute Gasteiger partial charge is 0.391 e. The molecule has 26 heavy (non-hydrogen) atoms. The van der Waals surface area contributed by atoms with Gasteiger partial charge in [-0.15, -0.1) is 0 Å². The van der Waals surface area contributed by atoms with E-state index in [-0.39, 0.29) is 12.0 Å². The van der Waals surface area contributed by atoms with Crippen LogP contribution in [0.2, 0.25) is 0 Å². The molecule has 0 aliphatic carbocycles. The Morgan fingerprint density at radius 2 is 2.00 bits per heavy atom. The normalized spacial score (nSPS) is 20.0. The first kappa shape index (κ1) is 16.9. The summed E-state index contributed by atoms with van der Waals surface area (Å²) >= 11 is 0. The molecule has 1 aliphatic rings. The van der Waals surface area contributed by atoms with Crippen molar-refractivity contribution in [1.82, 2.24) is 15.0 Å². The van der Waals surface area contributed by atoms with Crippen LogP contribution in [0.1, 0.15) is 24.0 Å². The van der Waals surface area contributed by atoms with Crippen LogP contribution in [0.4, 0.5) is 5.82 Å². The molecule has 1 saturated heterocycles. The molecule has 5 nitrogen and oxygen atoms in total. The highest BCUT2D eigenvalue weighted by Gasteiger charge is 2.32. The van der Waals surface area contributed by atoms with E-state index < -0.39 is 0 Å². The molecule has 1 aliphatic heterocycles. The van der Waals surface area contributed by atoms with Gasteiger partial charge in [0.2, 0.25) is 0 Å². The molecule has 0 unspecified atom stereocenters. The smallest absolute Gasteiger partial charge is 0.132 e. The molecule has 4 rings (SSSR count). The number of benzene rings is 1. The second-order valence-corrected chi connectivity index (χ2v) is 7.06. The number of nitrogens with zero attached hydrogens (tertiary/aromatic N) is 4. The first-order chi connectivity index (χ1) is 12.6. The molecule has 0 spiro atoms. The number of aliphatic hydroxyl groups is 1. The Hall–Kier alpha value is -2.53. The number of rotatable bonds is 4. The first-order valence-corrected chi connectivity index (χ1v) is 9.24. The predicted octanol–water partition coefficient (Wildman–Crippen LogP) is 2.94. The summed E-state index contributed by atoms with van der Waals surface area (Å²) in [5.41, 5.74) is 3.23. The van der Waals surface area contributed by atoms with Crippen LogP contribution >= 0.6 is 0 Å². The van der Waals surface area contributed by atoms with Gasteiger partial charge in [0.05, 0.1) is 11.6 Å². The number of aliphatic hydroxyl groups excluding tert-OH is 1. The fourth-order valence-corrected chi connectivity index (χ4v) is 3.79. The summed E-state index contributed by atoms with van der Waals surface area (Å²) in [6.45, 7) is 5.48. The van der Waals surface area contributed by atoms with Gasteiger partial charge in [0.1, 0.15) is 11.6 Å². The minimum atomic E-state index is -0.359. The third kappa shape index (κ3) is 3.27. The Labute approximate surface area is 153 Å². The third-order valence-corrected chi connectivity index (χ3v) is 5.16. The number of para-hydroxylation sites is 1. The number of aryl methyl sites for hydroxylation is 2. The molecule has 1 fully saturated rings. The zero-order valence-electron chi connectivity index (χ0n) is 15.3. The molecule has 1 N–H and O–H groups in total. The second-order valence-electron chi connectivity index (χ2n) is 7.06. The van der Waals surface area contributed by atoms with Gasteiger partial charge in [-0.2, -0.15) is 0 Å². The van der Waals surface area contributed by atoms with Gasteiger partial charge in [0, 0.05) is 48.8 Å². The highest BCUT2D eigenvalue weighted by molar-refractivity contribution is 5.81. The van der Waals surface area contributed by atoms with E-state index in [0.717, 1.165) is 42.2 Å². The highest BCUT2D eigenvalue weighted by Crippen LogP contribution is 2.28. The van der Waals surface area contributed by atoms with Gasteiger partial charge in [-0.25, -0.2) is 9.97 Å². The summed E-state index contributed by atoms with van der Waals surface area (Å²) in [7, 11) is 0. The number of aromatic nitrogens is 3. The van der Waals surface area contributed by atoms with Crippen molar-refractivity contribution in [2.45, 2.75) is 32.8 Å². The molecule has 3 aromatic rings. The van der Waals surface area contributed by atoms with Crippen LogP contribution in [0, 0.1) is 12.8 Å². The van der Waals surface area contributed by atoms with Gasteiger partial charge >= 0.3 is 0 Å². The Morgan fingerprint density at radius 3 is 2.85 bits per heavy atom. The van der Waals surface area contributed by atoms with Crippen molar-refractivity contribution in [1.29, 1.82) is 0 Å². The van der Waals surface area contributed by atoms with E-state index in [1.54, 1.807) is 0 Å². The molecule has 134 valence electrons. The van der Waals surface area contributed by atoms with Crippen molar-refractivity contribution in [2.75, 3.05) is 18.0 Å². The van der Waals surface area contributed by atoms with Gasteiger partial charge in [0.15, 0.2) is 0 Å².